The Morgan fingerprint density at radius 3 is 2.44 bits per heavy atom. The van der Waals surface area contributed by atoms with Gasteiger partial charge < -0.3 is 15.1 Å². The number of carbonyl (C=O) groups excluding carboxylic acids is 1. The first-order chi connectivity index (χ1) is 15.5. The molecule has 0 fully saturated rings. The molecule has 3 aromatic carbocycles. The van der Waals surface area contributed by atoms with Crippen LogP contribution in [0.15, 0.2) is 60.7 Å². The van der Waals surface area contributed by atoms with E-state index in [0.29, 0.717) is 6.54 Å². The van der Waals surface area contributed by atoms with Crippen LogP contribution in [0.4, 0.5) is 11.4 Å². The molecule has 0 spiro atoms. The molecule has 1 N–H and O–H groups in total. The van der Waals surface area contributed by atoms with Crippen molar-refractivity contribution in [3.63, 3.8) is 0 Å². The van der Waals surface area contributed by atoms with Gasteiger partial charge in [0.05, 0.1) is 5.70 Å². The third-order valence-corrected chi connectivity index (χ3v) is 5.69. The summed E-state index contributed by atoms with van der Waals surface area (Å²) in [4.78, 5) is 15.4. The van der Waals surface area contributed by atoms with Crippen LogP contribution in [0.1, 0.15) is 36.1 Å². The van der Waals surface area contributed by atoms with Crippen LogP contribution in [0.25, 0.3) is 12.3 Å². The maximum absolute atomic E-state index is 11.0. The minimum absolute atomic E-state index is 0.687. The summed E-state index contributed by atoms with van der Waals surface area (Å²) < 4.78 is 0. The van der Waals surface area contributed by atoms with E-state index in [-0.39, 0.29) is 0 Å². The molecule has 0 heterocycles. The van der Waals surface area contributed by atoms with Crippen molar-refractivity contribution in [1.82, 2.24) is 4.90 Å². The highest BCUT2D eigenvalue weighted by atomic mass is 16.1. The monoisotopic (exact) mass is 427 g/mol. The van der Waals surface area contributed by atoms with Crippen molar-refractivity contribution in [3.05, 3.63) is 93.4 Å². The van der Waals surface area contributed by atoms with Gasteiger partial charge in [0.25, 0.3) is 0 Å². The highest BCUT2D eigenvalue weighted by Crippen LogP contribution is 2.30. The van der Waals surface area contributed by atoms with Gasteiger partial charge in [0.2, 0.25) is 6.41 Å². The van der Waals surface area contributed by atoms with Crippen molar-refractivity contribution >= 4 is 30.1 Å². The van der Waals surface area contributed by atoms with E-state index in [4.69, 9.17) is 0 Å². The van der Waals surface area contributed by atoms with Crippen LogP contribution in [-0.2, 0) is 17.8 Å². The Morgan fingerprint density at radius 1 is 0.969 bits per heavy atom. The van der Waals surface area contributed by atoms with E-state index in [1.807, 2.05) is 32.0 Å². The second-order valence-corrected chi connectivity index (χ2v) is 8.03. The van der Waals surface area contributed by atoms with Crippen LogP contribution in [0.5, 0.6) is 0 Å². The molecule has 0 radical (unpaired) electrons. The first kappa shape index (κ1) is 23.1. The standard InChI is InChI=1S/C26H27N3O.C2H6/c1-18-9-11-23-20(13-18)14-21-15-22(28(2)3)10-12-24(21)26(23)29(4)16-19-7-5-6-8-25(19)27-17-30;1-2/h5-13,15,17H,1,14,16H2,2-4H3,(H,27,30);1-2H3. The Hall–Kier alpha value is -3.53. The first-order valence-electron chi connectivity index (χ1n) is 11.1. The van der Waals surface area contributed by atoms with Crippen LogP contribution >= 0.6 is 0 Å². The second-order valence-electron chi connectivity index (χ2n) is 8.03. The van der Waals surface area contributed by atoms with E-state index in [9.17, 15) is 4.79 Å². The van der Waals surface area contributed by atoms with Crippen molar-refractivity contribution in [2.24, 2.45) is 0 Å². The number of carbonyl (C=O) groups is 1. The lowest BCUT2D eigenvalue weighted by Crippen LogP contribution is -2.31. The molecule has 1 amide bonds. The summed E-state index contributed by atoms with van der Waals surface area (Å²) in [5, 5.41) is 5.10. The van der Waals surface area contributed by atoms with E-state index in [2.05, 4.69) is 85.3 Å². The van der Waals surface area contributed by atoms with Gasteiger partial charge in [-0.1, -0.05) is 62.9 Å². The number of nitrogens with one attached hydrogen (secondary N) is 1. The van der Waals surface area contributed by atoms with Gasteiger partial charge in [0.15, 0.2) is 0 Å². The topological polar surface area (TPSA) is 35.6 Å². The molecule has 4 nitrogen and oxygen atoms in total. The molecule has 0 saturated carbocycles. The summed E-state index contributed by atoms with van der Waals surface area (Å²) in [5.74, 6) is 0. The summed E-state index contributed by atoms with van der Waals surface area (Å²) in [7, 11) is 6.25. The molecule has 4 heteroatoms. The van der Waals surface area contributed by atoms with Crippen molar-refractivity contribution < 1.29 is 4.79 Å². The van der Waals surface area contributed by atoms with Crippen molar-refractivity contribution in [2.45, 2.75) is 26.8 Å². The van der Waals surface area contributed by atoms with Gasteiger partial charge in [-0.3, -0.25) is 4.79 Å². The average molecular weight is 428 g/mol. The predicted molar refractivity (Wildman–Crippen MR) is 136 cm³/mol. The molecule has 0 bridgehead atoms. The first-order valence-corrected chi connectivity index (χ1v) is 11.1. The third kappa shape index (κ3) is 4.70. The molecule has 3 aromatic rings. The van der Waals surface area contributed by atoms with Crippen molar-refractivity contribution in [3.8, 4) is 0 Å². The minimum Gasteiger partial charge on any atom is -0.378 e. The van der Waals surface area contributed by atoms with E-state index < -0.39 is 0 Å². The lowest BCUT2D eigenvalue weighted by atomic mass is 9.88. The summed E-state index contributed by atoms with van der Waals surface area (Å²) in [6.07, 6.45) is 1.63. The number of hydrogen-bond donors (Lipinski definition) is 1. The SMILES string of the molecule is C=c1ccc2c(c1)Cc1cc(N(C)C)ccc1C=2N(C)Cc1ccccc1NC=O.CC. The van der Waals surface area contributed by atoms with Crippen molar-refractivity contribution in [1.29, 1.82) is 0 Å². The van der Waals surface area contributed by atoms with Gasteiger partial charge in [-0.25, -0.2) is 0 Å². The minimum atomic E-state index is 0.687. The van der Waals surface area contributed by atoms with Gasteiger partial charge in [-0.2, -0.15) is 0 Å². The Morgan fingerprint density at radius 2 is 1.72 bits per heavy atom. The van der Waals surface area contributed by atoms with Gasteiger partial charge >= 0.3 is 0 Å². The molecule has 4 rings (SSSR count). The second kappa shape index (κ2) is 10.2. The molecule has 0 aliphatic heterocycles. The predicted octanol–water partition coefficient (Wildman–Crippen LogP) is 3.95. The molecule has 0 aromatic heterocycles. The van der Waals surface area contributed by atoms with Crippen LogP contribution in [0, 0.1) is 0 Å². The summed E-state index contributed by atoms with van der Waals surface area (Å²) in [5.41, 5.74) is 8.20. The fourth-order valence-electron chi connectivity index (χ4n) is 4.22. The molecule has 0 saturated heterocycles. The van der Waals surface area contributed by atoms with Crippen LogP contribution in [0.2, 0.25) is 0 Å². The van der Waals surface area contributed by atoms with E-state index in [0.717, 1.165) is 29.3 Å². The van der Waals surface area contributed by atoms with Crippen molar-refractivity contribution in [2.75, 3.05) is 31.4 Å². The van der Waals surface area contributed by atoms with Crippen LogP contribution < -0.4 is 20.7 Å². The molecule has 1 aliphatic rings. The maximum Gasteiger partial charge on any atom is 0.211 e. The summed E-state index contributed by atoms with van der Waals surface area (Å²) in [6.45, 7) is 8.81. The zero-order valence-electron chi connectivity index (χ0n) is 19.8. The van der Waals surface area contributed by atoms with Gasteiger partial charge in [-0.05, 0) is 46.5 Å². The highest BCUT2D eigenvalue weighted by Gasteiger charge is 2.21. The lowest BCUT2D eigenvalue weighted by molar-refractivity contribution is -0.105. The van der Waals surface area contributed by atoms with Gasteiger partial charge in [0, 0.05) is 49.8 Å². The number of para-hydroxylation sites is 1. The molecule has 166 valence electrons. The fraction of sp³-hybridized carbons (Fsp3) is 0.250. The Kier molecular flexibility index (Phi) is 7.37. The molecular weight excluding hydrogens is 394 g/mol. The van der Waals surface area contributed by atoms with E-state index in [1.165, 1.54) is 33.3 Å². The number of rotatable bonds is 6. The largest absolute Gasteiger partial charge is 0.378 e. The van der Waals surface area contributed by atoms with E-state index in [1.54, 1.807) is 0 Å². The van der Waals surface area contributed by atoms with E-state index >= 15 is 0 Å². The smallest absolute Gasteiger partial charge is 0.211 e. The Balaban J connectivity index is 0.00000141. The zero-order valence-corrected chi connectivity index (χ0v) is 19.8. The lowest BCUT2D eigenvalue weighted by Gasteiger charge is -2.30. The Labute approximate surface area is 191 Å². The number of hydrogen-bond acceptors (Lipinski definition) is 3. The Bertz CT molecular complexity index is 1210. The average Bonchev–Trinajstić information content (AvgIpc) is 2.79. The number of nitrogens with zero attached hydrogens (tertiary/aromatic N) is 2. The molecule has 0 unspecified atom stereocenters. The van der Waals surface area contributed by atoms with Gasteiger partial charge in [-0.15, -0.1) is 0 Å². The number of fused-ring (bicyclic) bond motifs is 2. The number of benzene rings is 3. The third-order valence-electron chi connectivity index (χ3n) is 5.69. The number of anilines is 2. The highest BCUT2D eigenvalue weighted by molar-refractivity contribution is 5.75. The number of amides is 1. The molecule has 0 atom stereocenters. The molecule has 1 aliphatic carbocycles. The quantitative estimate of drug-likeness (QED) is 0.605. The molecular formula is C28H33N3O. The van der Waals surface area contributed by atoms with Gasteiger partial charge in [0.1, 0.15) is 0 Å². The summed E-state index contributed by atoms with van der Waals surface area (Å²) in [6, 6.07) is 21.1. The normalized spacial score (nSPS) is 11.5. The molecule has 32 heavy (non-hydrogen) atoms. The fourth-order valence-corrected chi connectivity index (χ4v) is 4.22. The van der Waals surface area contributed by atoms with Crippen LogP contribution in [-0.4, -0.2) is 32.5 Å². The van der Waals surface area contributed by atoms with Crippen LogP contribution in [0.3, 0.4) is 0 Å². The summed E-state index contributed by atoms with van der Waals surface area (Å²) >= 11 is 0. The maximum atomic E-state index is 11.0. The zero-order chi connectivity index (χ0) is 23.3.